The topological polar surface area (TPSA) is 20.2 Å². The SMILES string of the molecule is CCc1ccc(CC(O)C2(CC)CCCC2)cc1. The van der Waals surface area contributed by atoms with Gasteiger partial charge >= 0.3 is 0 Å². The fourth-order valence-electron chi connectivity index (χ4n) is 3.35. The van der Waals surface area contributed by atoms with Gasteiger partial charge in [0.05, 0.1) is 6.10 Å². The smallest absolute Gasteiger partial charge is 0.0636 e. The lowest BCUT2D eigenvalue weighted by Crippen LogP contribution is -2.33. The van der Waals surface area contributed by atoms with E-state index in [2.05, 4.69) is 38.1 Å². The molecule has 0 aromatic heterocycles. The highest BCUT2D eigenvalue weighted by Gasteiger charge is 2.38. The molecule has 1 fully saturated rings. The van der Waals surface area contributed by atoms with E-state index in [-0.39, 0.29) is 11.5 Å². The second kappa shape index (κ2) is 5.88. The maximum atomic E-state index is 10.6. The fourth-order valence-corrected chi connectivity index (χ4v) is 3.35. The summed E-state index contributed by atoms with van der Waals surface area (Å²) in [7, 11) is 0. The number of aliphatic hydroxyl groups is 1. The second-order valence-corrected chi connectivity index (χ2v) is 5.81. The van der Waals surface area contributed by atoms with Crippen LogP contribution in [0.5, 0.6) is 0 Å². The molecule has 0 heterocycles. The standard InChI is InChI=1S/C17H26O/c1-3-14-7-9-15(10-8-14)13-16(18)17(4-2)11-5-6-12-17/h7-10,16,18H,3-6,11-13H2,1-2H3. The molecular formula is C17H26O. The number of benzene rings is 1. The molecule has 1 N–H and O–H groups in total. The van der Waals surface area contributed by atoms with Crippen LogP contribution in [0.1, 0.15) is 57.1 Å². The van der Waals surface area contributed by atoms with E-state index in [1.54, 1.807) is 0 Å². The number of hydrogen-bond donors (Lipinski definition) is 1. The van der Waals surface area contributed by atoms with E-state index in [1.807, 2.05) is 0 Å². The summed E-state index contributed by atoms with van der Waals surface area (Å²) in [5.41, 5.74) is 2.85. The van der Waals surface area contributed by atoms with Crippen LogP contribution in [0.15, 0.2) is 24.3 Å². The molecule has 0 radical (unpaired) electrons. The van der Waals surface area contributed by atoms with Crippen molar-refractivity contribution in [3.8, 4) is 0 Å². The van der Waals surface area contributed by atoms with Crippen LogP contribution in [0.25, 0.3) is 0 Å². The van der Waals surface area contributed by atoms with E-state index >= 15 is 0 Å². The average molecular weight is 246 g/mol. The van der Waals surface area contributed by atoms with Gasteiger partial charge in [0.25, 0.3) is 0 Å². The van der Waals surface area contributed by atoms with E-state index in [9.17, 15) is 5.11 Å². The molecule has 2 rings (SSSR count). The van der Waals surface area contributed by atoms with E-state index in [1.165, 1.54) is 36.8 Å². The highest BCUT2D eigenvalue weighted by Crippen LogP contribution is 2.44. The van der Waals surface area contributed by atoms with Gasteiger partial charge in [0, 0.05) is 0 Å². The van der Waals surface area contributed by atoms with Crippen LogP contribution in [0.4, 0.5) is 0 Å². The number of rotatable bonds is 5. The molecule has 1 unspecified atom stereocenters. The number of aliphatic hydroxyl groups excluding tert-OH is 1. The molecule has 0 bridgehead atoms. The third kappa shape index (κ3) is 2.77. The lowest BCUT2D eigenvalue weighted by atomic mass is 9.76. The largest absolute Gasteiger partial charge is 0.392 e. The molecule has 1 heteroatoms. The predicted octanol–water partition coefficient (Wildman–Crippen LogP) is 4.12. The molecule has 1 aromatic carbocycles. The Morgan fingerprint density at radius 3 is 2.11 bits per heavy atom. The first kappa shape index (κ1) is 13.6. The number of aryl methyl sites for hydroxylation is 1. The van der Waals surface area contributed by atoms with Gasteiger partial charge in [-0.25, -0.2) is 0 Å². The highest BCUT2D eigenvalue weighted by molar-refractivity contribution is 5.23. The van der Waals surface area contributed by atoms with Crippen molar-refractivity contribution < 1.29 is 5.11 Å². The normalized spacial score (nSPS) is 19.9. The minimum Gasteiger partial charge on any atom is -0.392 e. The van der Waals surface area contributed by atoms with Gasteiger partial charge in [0.15, 0.2) is 0 Å². The summed E-state index contributed by atoms with van der Waals surface area (Å²) in [5, 5.41) is 10.6. The van der Waals surface area contributed by atoms with Gasteiger partial charge < -0.3 is 5.11 Å². The van der Waals surface area contributed by atoms with Crippen molar-refractivity contribution in [2.24, 2.45) is 5.41 Å². The Bertz CT molecular complexity index is 360. The molecule has 0 saturated heterocycles. The minimum absolute atomic E-state index is 0.169. The summed E-state index contributed by atoms with van der Waals surface area (Å²) in [6.45, 7) is 4.41. The fraction of sp³-hybridized carbons (Fsp3) is 0.647. The van der Waals surface area contributed by atoms with E-state index < -0.39 is 0 Å². The molecule has 1 aliphatic rings. The van der Waals surface area contributed by atoms with Gasteiger partial charge in [-0.2, -0.15) is 0 Å². The quantitative estimate of drug-likeness (QED) is 0.828. The van der Waals surface area contributed by atoms with Gasteiger partial charge in [0.2, 0.25) is 0 Å². The van der Waals surface area contributed by atoms with Gasteiger partial charge in [-0.15, -0.1) is 0 Å². The van der Waals surface area contributed by atoms with Crippen molar-refractivity contribution in [1.82, 2.24) is 0 Å². The molecule has 1 nitrogen and oxygen atoms in total. The van der Waals surface area contributed by atoms with Crippen molar-refractivity contribution in [2.45, 2.75) is 64.9 Å². The van der Waals surface area contributed by atoms with Crippen LogP contribution in [-0.2, 0) is 12.8 Å². The van der Waals surface area contributed by atoms with Crippen molar-refractivity contribution in [3.05, 3.63) is 35.4 Å². The first-order chi connectivity index (χ1) is 8.70. The Morgan fingerprint density at radius 2 is 1.61 bits per heavy atom. The van der Waals surface area contributed by atoms with Gasteiger partial charge in [-0.3, -0.25) is 0 Å². The summed E-state index contributed by atoms with van der Waals surface area (Å²) >= 11 is 0. The summed E-state index contributed by atoms with van der Waals surface area (Å²) in [6.07, 6.45) is 7.84. The molecular weight excluding hydrogens is 220 g/mol. The Labute approximate surface area is 111 Å². The molecule has 0 amide bonds. The second-order valence-electron chi connectivity index (χ2n) is 5.81. The third-order valence-corrected chi connectivity index (χ3v) is 4.87. The van der Waals surface area contributed by atoms with E-state index in [0.29, 0.717) is 0 Å². The third-order valence-electron chi connectivity index (χ3n) is 4.87. The Hall–Kier alpha value is -0.820. The summed E-state index contributed by atoms with van der Waals surface area (Å²) < 4.78 is 0. The molecule has 18 heavy (non-hydrogen) atoms. The monoisotopic (exact) mass is 246 g/mol. The molecule has 0 spiro atoms. The van der Waals surface area contributed by atoms with Crippen molar-refractivity contribution >= 4 is 0 Å². The van der Waals surface area contributed by atoms with Crippen LogP contribution in [0, 0.1) is 5.41 Å². The Morgan fingerprint density at radius 1 is 1.06 bits per heavy atom. The summed E-state index contributed by atoms with van der Waals surface area (Å²) in [4.78, 5) is 0. The van der Waals surface area contributed by atoms with Crippen LogP contribution < -0.4 is 0 Å². The zero-order valence-corrected chi connectivity index (χ0v) is 11.8. The molecule has 1 aromatic rings. The number of hydrogen-bond acceptors (Lipinski definition) is 1. The molecule has 0 aliphatic heterocycles. The molecule has 1 atom stereocenters. The molecule has 100 valence electrons. The van der Waals surface area contributed by atoms with Crippen LogP contribution >= 0.6 is 0 Å². The van der Waals surface area contributed by atoms with Crippen LogP contribution in [0.3, 0.4) is 0 Å². The highest BCUT2D eigenvalue weighted by atomic mass is 16.3. The van der Waals surface area contributed by atoms with Crippen LogP contribution in [-0.4, -0.2) is 11.2 Å². The Kier molecular flexibility index (Phi) is 4.45. The maximum Gasteiger partial charge on any atom is 0.0636 e. The average Bonchev–Trinajstić information content (AvgIpc) is 2.89. The zero-order valence-electron chi connectivity index (χ0n) is 11.8. The summed E-state index contributed by atoms with van der Waals surface area (Å²) in [6, 6.07) is 8.74. The zero-order chi connectivity index (χ0) is 13.0. The Balaban J connectivity index is 2.03. The molecule has 1 saturated carbocycles. The van der Waals surface area contributed by atoms with E-state index in [0.717, 1.165) is 19.3 Å². The van der Waals surface area contributed by atoms with Crippen LogP contribution in [0.2, 0.25) is 0 Å². The summed E-state index contributed by atoms with van der Waals surface area (Å²) in [5.74, 6) is 0. The van der Waals surface area contributed by atoms with Crippen molar-refractivity contribution in [3.63, 3.8) is 0 Å². The minimum atomic E-state index is -0.169. The van der Waals surface area contributed by atoms with Crippen molar-refractivity contribution in [1.29, 1.82) is 0 Å². The lowest BCUT2D eigenvalue weighted by Gasteiger charge is -2.33. The predicted molar refractivity (Wildman–Crippen MR) is 76.7 cm³/mol. The lowest BCUT2D eigenvalue weighted by molar-refractivity contribution is 0.0257. The van der Waals surface area contributed by atoms with E-state index in [4.69, 9.17) is 0 Å². The first-order valence-electron chi connectivity index (χ1n) is 7.46. The molecule has 1 aliphatic carbocycles. The maximum absolute atomic E-state index is 10.6. The first-order valence-corrected chi connectivity index (χ1v) is 7.46. The van der Waals surface area contributed by atoms with Crippen molar-refractivity contribution in [2.75, 3.05) is 0 Å². The van der Waals surface area contributed by atoms with Gasteiger partial charge in [-0.05, 0) is 48.6 Å². The van der Waals surface area contributed by atoms with Gasteiger partial charge in [-0.1, -0.05) is 51.0 Å². The van der Waals surface area contributed by atoms with Gasteiger partial charge in [0.1, 0.15) is 0 Å².